The van der Waals surface area contributed by atoms with E-state index in [0.717, 1.165) is 23.7 Å². The number of hydrogen-bond donors (Lipinski definition) is 1. The molecule has 0 bridgehead atoms. The van der Waals surface area contributed by atoms with Crippen molar-refractivity contribution in [1.29, 1.82) is 0 Å². The fraction of sp³-hybridized carbons (Fsp3) is 0.727. The quantitative estimate of drug-likeness (QED) is 0.473. The molecule has 0 unspecified atom stereocenters. The topological polar surface area (TPSA) is 39.1 Å². The van der Waals surface area contributed by atoms with Crippen molar-refractivity contribution < 1.29 is 4.18 Å². The second kappa shape index (κ2) is 6.15. The van der Waals surface area contributed by atoms with Crippen molar-refractivity contribution in [3.63, 3.8) is 0 Å². The summed E-state index contributed by atoms with van der Waals surface area (Å²) >= 11 is 1.40. The summed E-state index contributed by atoms with van der Waals surface area (Å²) in [6.07, 6.45) is 1.00. The summed E-state index contributed by atoms with van der Waals surface area (Å²) in [5.74, 6) is 1.36. The molecule has 0 saturated heterocycles. The van der Waals surface area contributed by atoms with Crippen LogP contribution in [0.25, 0.3) is 0 Å². The van der Waals surface area contributed by atoms with Crippen molar-refractivity contribution in [2.75, 3.05) is 18.3 Å². The number of aromatic nitrogens is 2. The van der Waals surface area contributed by atoms with E-state index < -0.39 is 0 Å². The monoisotopic (exact) mass is 243 g/mol. The Hall–Kier alpha value is -0.680. The summed E-state index contributed by atoms with van der Waals surface area (Å²) in [5, 5.41) is 7.90. The number of aryl methyl sites for hydroxylation is 1. The van der Waals surface area contributed by atoms with Crippen molar-refractivity contribution >= 4 is 17.7 Å². The third kappa shape index (κ3) is 3.42. The summed E-state index contributed by atoms with van der Waals surface area (Å²) in [6, 6.07) is 0. The summed E-state index contributed by atoms with van der Waals surface area (Å²) in [5.41, 5.74) is 3.47. The van der Waals surface area contributed by atoms with Crippen LogP contribution in [0.4, 0.5) is 5.69 Å². The molecule has 1 heterocycles. The Morgan fingerprint density at radius 3 is 2.75 bits per heavy atom. The molecule has 0 atom stereocenters. The number of anilines is 1. The van der Waals surface area contributed by atoms with E-state index in [9.17, 15) is 0 Å². The Morgan fingerprint density at radius 1 is 1.50 bits per heavy atom. The molecule has 0 saturated carbocycles. The molecule has 0 aliphatic heterocycles. The third-order valence-electron chi connectivity index (χ3n) is 2.43. The highest BCUT2D eigenvalue weighted by atomic mass is 32.2. The van der Waals surface area contributed by atoms with Gasteiger partial charge in [0.15, 0.2) is 0 Å². The number of nitrogens with zero attached hydrogens (tertiary/aromatic N) is 2. The lowest BCUT2D eigenvalue weighted by molar-refractivity contribution is 0.490. The van der Waals surface area contributed by atoms with Crippen LogP contribution in [0.3, 0.4) is 0 Å². The molecule has 5 heteroatoms. The van der Waals surface area contributed by atoms with Crippen LogP contribution in [0.1, 0.15) is 25.2 Å². The number of rotatable bonds is 6. The molecule has 1 N–H and O–H groups in total. The maximum Gasteiger partial charge on any atom is 0.0875 e. The normalized spacial score (nSPS) is 11.1. The van der Waals surface area contributed by atoms with Gasteiger partial charge in [-0.05, 0) is 19.3 Å². The Bertz CT molecular complexity index is 336. The first kappa shape index (κ1) is 13.4. The number of nitrogens with one attached hydrogen (secondary N) is 1. The van der Waals surface area contributed by atoms with Crippen molar-refractivity contribution in [2.45, 2.75) is 27.2 Å². The molecular formula is C11H21N3OS. The van der Waals surface area contributed by atoms with Crippen molar-refractivity contribution in [2.24, 2.45) is 13.0 Å². The van der Waals surface area contributed by atoms with Crippen LogP contribution in [0.15, 0.2) is 0 Å². The summed E-state index contributed by atoms with van der Waals surface area (Å²) in [4.78, 5) is 0. The first-order valence-corrected chi connectivity index (χ1v) is 6.39. The second-order valence-electron chi connectivity index (χ2n) is 4.23. The minimum absolute atomic E-state index is 0.616. The molecular weight excluding hydrogens is 222 g/mol. The molecule has 16 heavy (non-hydrogen) atoms. The Morgan fingerprint density at radius 2 is 2.19 bits per heavy atom. The summed E-state index contributed by atoms with van der Waals surface area (Å²) in [6.45, 7) is 6.49. The number of hydrogen-bond acceptors (Lipinski definition) is 4. The van der Waals surface area contributed by atoms with E-state index in [0.29, 0.717) is 5.92 Å². The lowest BCUT2D eigenvalue weighted by Gasteiger charge is -2.08. The van der Waals surface area contributed by atoms with Gasteiger partial charge in [-0.15, -0.1) is 0 Å². The minimum atomic E-state index is 0.616. The van der Waals surface area contributed by atoms with Gasteiger partial charge >= 0.3 is 0 Å². The zero-order valence-corrected chi connectivity index (χ0v) is 11.5. The van der Waals surface area contributed by atoms with Crippen molar-refractivity contribution in [3.05, 3.63) is 11.4 Å². The fourth-order valence-electron chi connectivity index (χ4n) is 1.60. The van der Waals surface area contributed by atoms with Crippen LogP contribution < -0.4 is 5.32 Å². The van der Waals surface area contributed by atoms with Gasteiger partial charge in [0, 0.05) is 19.1 Å². The van der Waals surface area contributed by atoms with Gasteiger partial charge in [0.25, 0.3) is 0 Å². The van der Waals surface area contributed by atoms with Crippen LogP contribution in [-0.2, 0) is 17.7 Å². The van der Waals surface area contributed by atoms with E-state index in [1.54, 1.807) is 7.11 Å². The van der Waals surface area contributed by atoms with E-state index in [1.165, 1.54) is 17.7 Å². The molecule has 1 aromatic heterocycles. The van der Waals surface area contributed by atoms with E-state index >= 15 is 0 Å². The van der Waals surface area contributed by atoms with Gasteiger partial charge in [-0.2, -0.15) is 5.10 Å². The lowest BCUT2D eigenvalue weighted by Crippen LogP contribution is -2.03. The smallest absolute Gasteiger partial charge is 0.0875 e. The van der Waals surface area contributed by atoms with E-state index in [1.807, 2.05) is 11.7 Å². The standard InChI is InChI=1S/C11H21N3OS/c1-8(2)6-10-11(12-7-16-15-5)9(3)14(4)13-10/h8,12H,6-7H2,1-5H3. The van der Waals surface area contributed by atoms with Crippen LogP contribution >= 0.6 is 12.0 Å². The average molecular weight is 243 g/mol. The van der Waals surface area contributed by atoms with Gasteiger partial charge in [0.1, 0.15) is 0 Å². The first-order chi connectivity index (χ1) is 7.56. The SMILES string of the molecule is COSCNc1c(CC(C)C)nn(C)c1C. The maximum atomic E-state index is 4.96. The molecule has 1 aromatic rings. The van der Waals surface area contributed by atoms with E-state index in [-0.39, 0.29) is 0 Å². The molecule has 0 aliphatic carbocycles. The van der Waals surface area contributed by atoms with Crippen molar-refractivity contribution in [1.82, 2.24) is 9.78 Å². The maximum absolute atomic E-state index is 4.96. The highest BCUT2D eigenvalue weighted by molar-refractivity contribution is 7.94. The van der Waals surface area contributed by atoms with Gasteiger partial charge in [-0.25, -0.2) is 0 Å². The molecule has 0 radical (unpaired) electrons. The van der Waals surface area contributed by atoms with Gasteiger partial charge in [0.05, 0.1) is 30.1 Å². The first-order valence-electron chi connectivity index (χ1n) is 5.48. The Kier molecular flexibility index (Phi) is 5.15. The molecule has 0 aliphatic rings. The molecule has 1 rings (SSSR count). The zero-order chi connectivity index (χ0) is 12.1. The van der Waals surface area contributed by atoms with Gasteiger partial charge in [-0.1, -0.05) is 13.8 Å². The largest absolute Gasteiger partial charge is 0.371 e. The zero-order valence-electron chi connectivity index (χ0n) is 10.7. The minimum Gasteiger partial charge on any atom is -0.371 e. The van der Waals surface area contributed by atoms with Crippen LogP contribution in [-0.4, -0.2) is 22.8 Å². The fourth-order valence-corrected chi connectivity index (χ4v) is 1.92. The van der Waals surface area contributed by atoms with E-state index in [4.69, 9.17) is 4.18 Å². The highest BCUT2D eigenvalue weighted by Crippen LogP contribution is 2.22. The van der Waals surface area contributed by atoms with Crippen LogP contribution in [0.2, 0.25) is 0 Å². The molecule has 4 nitrogen and oxygen atoms in total. The summed E-state index contributed by atoms with van der Waals surface area (Å²) in [7, 11) is 3.66. The van der Waals surface area contributed by atoms with Crippen LogP contribution in [0, 0.1) is 12.8 Å². The molecule has 0 aromatic carbocycles. The van der Waals surface area contributed by atoms with Gasteiger partial charge in [0.2, 0.25) is 0 Å². The third-order valence-corrected chi connectivity index (χ3v) is 2.93. The van der Waals surface area contributed by atoms with E-state index in [2.05, 4.69) is 31.2 Å². The highest BCUT2D eigenvalue weighted by Gasteiger charge is 2.13. The van der Waals surface area contributed by atoms with Gasteiger partial charge < -0.3 is 9.50 Å². The molecule has 0 fully saturated rings. The summed E-state index contributed by atoms with van der Waals surface area (Å²) < 4.78 is 6.89. The molecule has 0 spiro atoms. The Balaban J connectivity index is 2.77. The van der Waals surface area contributed by atoms with Crippen LogP contribution in [0.5, 0.6) is 0 Å². The molecule has 0 amide bonds. The molecule has 92 valence electrons. The lowest BCUT2D eigenvalue weighted by atomic mass is 10.1. The Labute approximate surface area is 102 Å². The van der Waals surface area contributed by atoms with Crippen molar-refractivity contribution in [3.8, 4) is 0 Å². The second-order valence-corrected chi connectivity index (χ2v) is 5.09. The average Bonchev–Trinajstić information content (AvgIpc) is 2.45. The predicted octanol–water partition coefficient (Wildman–Crippen LogP) is 2.59. The van der Waals surface area contributed by atoms with Gasteiger partial charge in [-0.3, -0.25) is 4.68 Å². The predicted molar refractivity (Wildman–Crippen MR) is 69.6 cm³/mol.